The summed E-state index contributed by atoms with van der Waals surface area (Å²) in [6, 6.07) is 19.1. The number of aryl methyl sites for hydroxylation is 2. The minimum Gasteiger partial charge on any atom is -0.484 e. The molecule has 0 fully saturated rings. The third-order valence-electron chi connectivity index (χ3n) is 3.81. The Morgan fingerprint density at radius 2 is 1.85 bits per heavy atom. The summed E-state index contributed by atoms with van der Waals surface area (Å²) < 4.78 is 5.41. The summed E-state index contributed by atoms with van der Waals surface area (Å²) in [5.41, 5.74) is 4.28. The van der Waals surface area contributed by atoms with Crippen LogP contribution in [-0.4, -0.2) is 17.5 Å². The van der Waals surface area contributed by atoms with Gasteiger partial charge in [0.05, 0.1) is 11.9 Å². The first kappa shape index (κ1) is 17.5. The van der Waals surface area contributed by atoms with Gasteiger partial charge in [0.1, 0.15) is 11.6 Å². The maximum Gasteiger partial charge on any atom is 0.263 e. The van der Waals surface area contributed by atoms with E-state index in [2.05, 4.69) is 41.6 Å². The van der Waals surface area contributed by atoms with Gasteiger partial charge in [0.2, 0.25) is 0 Å². The second kappa shape index (κ2) is 8.16. The zero-order valence-electron chi connectivity index (χ0n) is 14.8. The van der Waals surface area contributed by atoms with E-state index in [0.29, 0.717) is 11.6 Å². The molecular formula is C21H21N3O2. The summed E-state index contributed by atoms with van der Waals surface area (Å²) >= 11 is 0. The second-order valence-electron chi connectivity index (χ2n) is 6.03. The fraction of sp³-hybridized carbons (Fsp3) is 0.143. The molecule has 0 aliphatic carbocycles. The summed E-state index contributed by atoms with van der Waals surface area (Å²) in [6.07, 6.45) is 1.69. The standard InChI is InChI=1S/C21H21N3O2/c1-15-8-10-19(16(2)12-15)23-17-9-11-20(22-13-17)24-21(25)14-26-18-6-4-3-5-7-18/h3-13,23H,14H2,1-2H3,(H,22,24,25). The Kier molecular flexibility index (Phi) is 5.49. The van der Waals surface area contributed by atoms with Crippen LogP contribution in [0.1, 0.15) is 11.1 Å². The van der Waals surface area contributed by atoms with Crippen LogP contribution in [0.15, 0.2) is 66.9 Å². The van der Waals surface area contributed by atoms with E-state index in [1.165, 1.54) is 11.1 Å². The SMILES string of the molecule is Cc1ccc(Nc2ccc(NC(=O)COc3ccccc3)nc2)c(C)c1. The summed E-state index contributed by atoms with van der Waals surface area (Å²) in [5, 5.41) is 6.05. The predicted molar refractivity (Wildman–Crippen MR) is 104 cm³/mol. The summed E-state index contributed by atoms with van der Waals surface area (Å²) in [5.74, 6) is 0.887. The molecule has 132 valence electrons. The van der Waals surface area contributed by atoms with Crippen LogP contribution in [0.25, 0.3) is 0 Å². The smallest absolute Gasteiger partial charge is 0.263 e. The lowest BCUT2D eigenvalue weighted by atomic mass is 10.1. The molecule has 0 bridgehead atoms. The van der Waals surface area contributed by atoms with Gasteiger partial charge in [0, 0.05) is 5.69 Å². The van der Waals surface area contributed by atoms with E-state index in [1.54, 1.807) is 24.4 Å². The first-order valence-corrected chi connectivity index (χ1v) is 8.38. The molecule has 0 atom stereocenters. The molecule has 3 aromatic rings. The predicted octanol–water partition coefficient (Wildman–Crippen LogP) is 4.46. The number of hydrogen-bond acceptors (Lipinski definition) is 4. The first-order chi connectivity index (χ1) is 12.6. The number of carbonyl (C=O) groups is 1. The van der Waals surface area contributed by atoms with Crippen molar-refractivity contribution in [2.45, 2.75) is 13.8 Å². The lowest BCUT2D eigenvalue weighted by Gasteiger charge is -2.11. The largest absolute Gasteiger partial charge is 0.484 e. The molecule has 3 rings (SSSR count). The highest BCUT2D eigenvalue weighted by Gasteiger charge is 2.05. The molecule has 0 radical (unpaired) electrons. The lowest BCUT2D eigenvalue weighted by molar-refractivity contribution is -0.118. The van der Waals surface area contributed by atoms with E-state index in [4.69, 9.17) is 4.74 Å². The minimum atomic E-state index is -0.253. The van der Waals surface area contributed by atoms with Crippen LogP contribution in [0.4, 0.5) is 17.2 Å². The molecule has 5 heteroatoms. The molecule has 2 N–H and O–H groups in total. The van der Waals surface area contributed by atoms with E-state index in [0.717, 1.165) is 11.4 Å². The number of ether oxygens (including phenoxy) is 1. The van der Waals surface area contributed by atoms with Gasteiger partial charge in [0.15, 0.2) is 6.61 Å². The number of amides is 1. The van der Waals surface area contributed by atoms with E-state index >= 15 is 0 Å². The van der Waals surface area contributed by atoms with Crippen LogP contribution < -0.4 is 15.4 Å². The van der Waals surface area contributed by atoms with Gasteiger partial charge in [-0.25, -0.2) is 4.98 Å². The van der Waals surface area contributed by atoms with Gasteiger partial charge in [0.25, 0.3) is 5.91 Å². The third-order valence-corrected chi connectivity index (χ3v) is 3.81. The van der Waals surface area contributed by atoms with Gasteiger partial charge in [-0.1, -0.05) is 35.9 Å². The molecule has 1 heterocycles. The van der Waals surface area contributed by atoms with Crippen molar-refractivity contribution in [1.82, 2.24) is 4.98 Å². The first-order valence-electron chi connectivity index (χ1n) is 8.38. The Labute approximate surface area is 153 Å². The highest BCUT2D eigenvalue weighted by molar-refractivity contribution is 5.91. The highest BCUT2D eigenvalue weighted by Crippen LogP contribution is 2.21. The molecule has 1 aromatic heterocycles. The monoisotopic (exact) mass is 347 g/mol. The molecule has 1 amide bonds. The molecule has 5 nitrogen and oxygen atoms in total. The van der Waals surface area contributed by atoms with Crippen molar-refractivity contribution in [2.24, 2.45) is 0 Å². The number of nitrogens with zero attached hydrogens (tertiary/aromatic N) is 1. The number of para-hydroxylation sites is 1. The van der Waals surface area contributed by atoms with Crippen LogP contribution in [-0.2, 0) is 4.79 Å². The Morgan fingerprint density at radius 3 is 2.54 bits per heavy atom. The van der Waals surface area contributed by atoms with Crippen molar-refractivity contribution in [2.75, 3.05) is 17.2 Å². The van der Waals surface area contributed by atoms with Gasteiger partial charge in [-0.2, -0.15) is 0 Å². The summed E-state index contributed by atoms with van der Waals surface area (Å²) in [6.45, 7) is 4.07. The van der Waals surface area contributed by atoms with E-state index in [-0.39, 0.29) is 12.5 Å². The minimum absolute atomic E-state index is 0.0613. The second-order valence-corrected chi connectivity index (χ2v) is 6.03. The zero-order valence-corrected chi connectivity index (χ0v) is 14.8. The van der Waals surface area contributed by atoms with E-state index < -0.39 is 0 Å². The number of carbonyl (C=O) groups excluding carboxylic acids is 1. The number of aromatic nitrogens is 1. The highest BCUT2D eigenvalue weighted by atomic mass is 16.5. The molecule has 0 spiro atoms. The van der Waals surface area contributed by atoms with Crippen LogP contribution in [0.2, 0.25) is 0 Å². The molecule has 0 aliphatic heterocycles. The topological polar surface area (TPSA) is 63.2 Å². The normalized spacial score (nSPS) is 10.2. The molecule has 0 saturated heterocycles. The quantitative estimate of drug-likeness (QED) is 0.691. The molecule has 0 unspecified atom stereocenters. The molecular weight excluding hydrogens is 326 g/mol. The number of pyridine rings is 1. The van der Waals surface area contributed by atoms with E-state index in [1.807, 2.05) is 30.3 Å². The lowest BCUT2D eigenvalue weighted by Crippen LogP contribution is -2.20. The van der Waals surface area contributed by atoms with Gasteiger partial charge in [-0.15, -0.1) is 0 Å². The number of hydrogen-bond donors (Lipinski definition) is 2. The number of nitrogens with one attached hydrogen (secondary N) is 2. The fourth-order valence-corrected chi connectivity index (χ4v) is 2.50. The van der Waals surface area contributed by atoms with E-state index in [9.17, 15) is 4.79 Å². The van der Waals surface area contributed by atoms with Crippen molar-refractivity contribution in [3.63, 3.8) is 0 Å². The Morgan fingerprint density at radius 1 is 1.04 bits per heavy atom. The number of benzene rings is 2. The van der Waals surface area contributed by atoms with Crippen LogP contribution in [0, 0.1) is 13.8 Å². The van der Waals surface area contributed by atoms with Gasteiger partial charge in [-0.05, 0) is 49.7 Å². The zero-order chi connectivity index (χ0) is 18.4. The Bertz CT molecular complexity index is 878. The molecule has 0 aliphatic rings. The van der Waals surface area contributed by atoms with Crippen molar-refractivity contribution >= 4 is 23.1 Å². The summed E-state index contributed by atoms with van der Waals surface area (Å²) in [7, 11) is 0. The molecule has 2 aromatic carbocycles. The number of rotatable bonds is 6. The van der Waals surface area contributed by atoms with Gasteiger partial charge >= 0.3 is 0 Å². The third kappa shape index (κ3) is 4.83. The van der Waals surface area contributed by atoms with Crippen molar-refractivity contribution in [3.05, 3.63) is 78.0 Å². The Balaban J connectivity index is 1.54. The van der Waals surface area contributed by atoms with Gasteiger partial charge in [-0.3, -0.25) is 4.79 Å². The maximum atomic E-state index is 11.9. The van der Waals surface area contributed by atoms with Crippen LogP contribution in [0.5, 0.6) is 5.75 Å². The van der Waals surface area contributed by atoms with Crippen molar-refractivity contribution in [3.8, 4) is 5.75 Å². The number of anilines is 3. The maximum absolute atomic E-state index is 11.9. The van der Waals surface area contributed by atoms with Crippen LogP contribution >= 0.6 is 0 Å². The average molecular weight is 347 g/mol. The average Bonchev–Trinajstić information content (AvgIpc) is 2.65. The van der Waals surface area contributed by atoms with Crippen LogP contribution in [0.3, 0.4) is 0 Å². The van der Waals surface area contributed by atoms with Gasteiger partial charge < -0.3 is 15.4 Å². The summed E-state index contributed by atoms with van der Waals surface area (Å²) in [4.78, 5) is 16.2. The Hall–Kier alpha value is -3.34. The fourth-order valence-electron chi connectivity index (χ4n) is 2.50. The van der Waals surface area contributed by atoms with Crippen molar-refractivity contribution in [1.29, 1.82) is 0 Å². The molecule has 26 heavy (non-hydrogen) atoms. The van der Waals surface area contributed by atoms with Crippen molar-refractivity contribution < 1.29 is 9.53 Å². The molecule has 0 saturated carbocycles.